The van der Waals surface area contributed by atoms with Crippen LogP contribution in [0.4, 0.5) is 4.39 Å². The van der Waals surface area contributed by atoms with Crippen molar-refractivity contribution >= 4 is 0 Å². The van der Waals surface area contributed by atoms with Crippen molar-refractivity contribution < 1.29 is 9.13 Å². The van der Waals surface area contributed by atoms with Gasteiger partial charge in [-0.05, 0) is 24.1 Å². The summed E-state index contributed by atoms with van der Waals surface area (Å²) < 4.78 is 20.5. The Morgan fingerprint density at radius 2 is 2.00 bits per heavy atom. The molecule has 0 saturated carbocycles. The molecule has 96 valence electrons. The fraction of sp³-hybridized carbons (Fsp3) is 0.357. The minimum atomic E-state index is -0.274. The van der Waals surface area contributed by atoms with Crippen LogP contribution in [0.25, 0.3) is 11.1 Å². The van der Waals surface area contributed by atoms with Crippen molar-refractivity contribution in [2.24, 2.45) is 7.05 Å². The van der Waals surface area contributed by atoms with E-state index in [-0.39, 0.29) is 11.7 Å². The number of ether oxygens (including phenoxy) is 1. The topological polar surface area (TPSA) is 27.1 Å². The molecule has 0 amide bonds. The number of hydrogen-bond acceptors (Lipinski definition) is 2. The predicted octanol–water partition coefficient (Wildman–Crippen LogP) is 3.36. The van der Waals surface area contributed by atoms with E-state index < -0.39 is 0 Å². The molecule has 2 rings (SSSR count). The first kappa shape index (κ1) is 12.6. The summed E-state index contributed by atoms with van der Waals surface area (Å²) >= 11 is 0. The van der Waals surface area contributed by atoms with Gasteiger partial charge in [0.1, 0.15) is 11.6 Å². The lowest BCUT2D eigenvalue weighted by Gasteiger charge is -2.10. The number of nitrogens with zero attached hydrogens (tertiary/aromatic N) is 2. The molecule has 0 aliphatic rings. The van der Waals surface area contributed by atoms with Gasteiger partial charge in [0.15, 0.2) is 0 Å². The highest BCUT2D eigenvalue weighted by atomic mass is 19.1. The van der Waals surface area contributed by atoms with Crippen LogP contribution in [0.3, 0.4) is 0 Å². The minimum Gasteiger partial charge on any atom is -0.496 e. The zero-order valence-electron chi connectivity index (χ0n) is 11.1. The van der Waals surface area contributed by atoms with Crippen molar-refractivity contribution in [3.63, 3.8) is 0 Å². The van der Waals surface area contributed by atoms with Gasteiger partial charge >= 0.3 is 0 Å². The quantitative estimate of drug-likeness (QED) is 0.832. The van der Waals surface area contributed by atoms with Crippen molar-refractivity contribution in [3.05, 3.63) is 35.9 Å². The first-order valence-electron chi connectivity index (χ1n) is 5.90. The summed E-state index contributed by atoms with van der Waals surface area (Å²) in [5.41, 5.74) is 2.61. The molecule has 18 heavy (non-hydrogen) atoms. The van der Waals surface area contributed by atoms with Crippen LogP contribution >= 0.6 is 0 Å². The molecule has 0 radical (unpaired) electrons. The number of benzene rings is 1. The number of aryl methyl sites for hydroxylation is 1. The Labute approximate surface area is 106 Å². The molecule has 0 aliphatic heterocycles. The molecule has 0 fully saturated rings. The Balaban J connectivity index is 2.64. The van der Waals surface area contributed by atoms with E-state index in [1.165, 1.54) is 12.1 Å². The van der Waals surface area contributed by atoms with E-state index in [0.717, 1.165) is 16.8 Å². The summed E-state index contributed by atoms with van der Waals surface area (Å²) in [6.45, 7) is 4.13. The largest absolute Gasteiger partial charge is 0.496 e. The summed E-state index contributed by atoms with van der Waals surface area (Å²) in [4.78, 5) is 0. The molecule has 1 aromatic heterocycles. The monoisotopic (exact) mass is 248 g/mol. The fourth-order valence-electron chi connectivity index (χ4n) is 2.03. The molecule has 3 nitrogen and oxygen atoms in total. The number of halogens is 1. The standard InChI is InChI=1S/C14H17FN2O/c1-9(2)14-12(8-17(3)16-14)11-7-10(15)5-6-13(11)18-4/h5-9H,1-4H3. The van der Waals surface area contributed by atoms with Crippen LogP contribution in [0, 0.1) is 5.82 Å². The van der Waals surface area contributed by atoms with Gasteiger partial charge in [0.05, 0.1) is 12.8 Å². The number of rotatable bonds is 3. The molecule has 0 atom stereocenters. The number of hydrogen-bond donors (Lipinski definition) is 0. The third-order valence-electron chi connectivity index (χ3n) is 2.86. The highest BCUT2D eigenvalue weighted by Gasteiger charge is 2.17. The minimum absolute atomic E-state index is 0.272. The SMILES string of the molecule is COc1ccc(F)cc1-c1cn(C)nc1C(C)C. The van der Waals surface area contributed by atoms with Crippen LogP contribution in [0.15, 0.2) is 24.4 Å². The molecule has 0 saturated heterocycles. The normalized spacial score (nSPS) is 11.0. The maximum Gasteiger partial charge on any atom is 0.127 e. The molecule has 0 N–H and O–H groups in total. The fourth-order valence-corrected chi connectivity index (χ4v) is 2.03. The molecular weight excluding hydrogens is 231 g/mol. The Hall–Kier alpha value is -1.84. The molecular formula is C14H17FN2O. The van der Waals surface area contributed by atoms with Gasteiger partial charge in [-0.3, -0.25) is 4.68 Å². The van der Waals surface area contributed by atoms with Crippen molar-refractivity contribution in [2.75, 3.05) is 7.11 Å². The van der Waals surface area contributed by atoms with Crippen LogP contribution in [0.2, 0.25) is 0 Å². The summed E-state index contributed by atoms with van der Waals surface area (Å²) in [6.07, 6.45) is 1.90. The highest BCUT2D eigenvalue weighted by molar-refractivity contribution is 5.72. The summed E-state index contributed by atoms with van der Waals surface area (Å²) in [5.74, 6) is 0.657. The van der Waals surface area contributed by atoms with Crippen LogP contribution in [-0.2, 0) is 7.05 Å². The third kappa shape index (κ3) is 2.23. The molecule has 0 spiro atoms. The zero-order valence-corrected chi connectivity index (χ0v) is 11.1. The molecule has 1 aromatic carbocycles. The highest BCUT2D eigenvalue weighted by Crippen LogP contribution is 2.35. The second kappa shape index (κ2) is 4.80. The van der Waals surface area contributed by atoms with Gasteiger partial charge in [-0.1, -0.05) is 13.8 Å². The van der Waals surface area contributed by atoms with Gasteiger partial charge in [-0.25, -0.2) is 4.39 Å². The maximum atomic E-state index is 13.4. The van der Waals surface area contributed by atoms with Crippen LogP contribution in [-0.4, -0.2) is 16.9 Å². The average Bonchev–Trinajstić information content (AvgIpc) is 2.71. The first-order valence-corrected chi connectivity index (χ1v) is 5.90. The van der Waals surface area contributed by atoms with Crippen molar-refractivity contribution in [3.8, 4) is 16.9 Å². The van der Waals surface area contributed by atoms with Crippen LogP contribution in [0.5, 0.6) is 5.75 Å². The van der Waals surface area contributed by atoms with Crippen LogP contribution < -0.4 is 4.74 Å². The molecule has 0 aliphatic carbocycles. The van der Waals surface area contributed by atoms with E-state index in [4.69, 9.17) is 4.74 Å². The predicted molar refractivity (Wildman–Crippen MR) is 69.2 cm³/mol. The molecule has 0 unspecified atom stereocenters. The lowest BCUT2D eigenvalue weighted by Crippen LogP contribution is -1.95. The van der Waals surface area contributed by atoms with Crippen molar-refractivity contribution in [1.82, 2.24) is 9.78 Å². The molecule has 2 aromatic rings. The third-order valence-corrected chi connectivity index (χ3v) is 2.86. The zero-order chi connectivity index (χ0) is 13.3. The lowest BCUT2D eigenvalue weighted by atomic mass is 9.99. The first-order chi connectivity index (χ1) is 8.52. The van der Waals surface area contributed by atoms with E-state index in [1.54, 1.807) is 17.9 Å². The lowest BCUT2D eigenvalue weighted by molar-refractivity contribution is 0.415. The van der Waals surface area contributed by atoms with Crippen molar-refractivity contribution in [2.45, 2.75) is 19.8 Å². The van der Waals surface area contributed by atoms with Crippen molar-refractivity contribution in [1.29, 1.82) is 0 Å². The Bertz CT molecular complexity index is 561. The molecule has 4 heteroatoms. The van der Waals surface area contributed by atoms with E-state index in [0.29, 0.717) is 5.75 Å². The average molecular weight is 248 g/mol. The molecule has 1 heterocycles. The van der Waals surface area contributed by atoms with E-state index in [2.05, 4.69) is 18.9 Å². The Kier molecular flexibility index (Phi) is 3.36. The molecule has 0 bridgehead atoms. The van der Waals surface area contributed by atoms with Gasteiger partial charge in [0, 0.05) is 24.4 Å². The van der Waals surface area contributed by atoms with E-state index in [9.17, 15) is 4.39 Å². The van der Waals surface area contributed by atoms with E-state index >= 15 is 0 Å². The summed E-state index contributed by atoms with van der Waals surface area (Å²) in [5, 5.41) is 4.43. The van der Waals surface area contributed by atoms with Gasteiger partial charge in [0.25, 0.3) is 0 Å². The maximum absolute atomic E-state index is 13.4. The summed E-state index contributed by atoms with van der Waals surface area (Å²) in [6, 6.07) is 4.53. The summed E-state index contributed by atoms with van der Waals surface area (Å²) in [7, 11) is 3.45. The number of methoxy groups -OCH3 is 1. The number of aromatic nitrogens is 2. The second-order valence-corrected chi connectivity index (χ2v) is 4.60. The second-order valence-electron chi connectivity index (χ2n) is 4.60. The van der Waals surface area contributed by atoms with Gasteiger partial charge in [-0.15, -0.1) is 0 Å². The van der Waals surface area contributed by atoms with E-state index in [1.807, 2.05) is 13.2 Å². The van der Waals surface area contributed by atoms with Gasteiger partial charge in [0.2, 0.25) is 0 Å². The van der Waals surface area contributed by atoms with Crippen LogP contribution in [0.1, 0.15) is 25.5 Å². The van der Waals surface area contributed by atoms with Gasteiger partial charge in [-0.2, -0.15) is 5.10 Å². The Morgan fingerprint density at radius 3 is 2.61 bits per heavy atom. The Morgan fingerprint density at radius 1 is 1.28 bits per heavy atom. The smallest absolute Gasteiger partial charge is 0.127 e. The van der Waals surface area contributed by atoms with Gasteiger partial charge < -0.3 is 4.74 Å².